The molecular weight excluding hydrogens is 430 g/mol. The highest BCUT2D eigenvalue weighted by atomic mass is 16.5. The first kappa shape index (κ1) is 21.6. The van der Waals surface area contributed by atoms with Gasteiger partial charge in [0.05, 0.1) is 26.5 Å². The third-order valence-corrected chi connectivity index (χ3v) is 5.43. The molecule has 3 aromatic carbocycles. The quantitative estimate of drug-likeness (QED) is 0.318. The molecule has 0 saturated carbocycles. The van der Waals surface area contributed by atoms with Crippen LogP contribution in [0.4, 0.5) is 23.5 Å². The van der Waals surface area contributed by atoms with Crippen LogP contribution in [0.25, 0.3) is 10.8 Å². The Hall–Kier alpha value is -4.24. The van der Waals surface area contributed by atoms with Gasteiger partial charge in [-0.25, -0.2) is 5.43 Å². The molecule has 1 aromatic heterocycles. The third-order valence-electron chi connectivity index (χ3n) is 5.43. The SMILES string of the molecule is COc1cccc(/C=N/Nc2nc(Nc3cccc4ccccc34)nc(N3CCOCC3)n2)c1. The molecule has 5 rings (SSSR count). The molecule has 2 N–H and O–H groups in total. The number of hydrogen-bond acceptors (Lipinski definition) is 9. The molecule has 172 valence electrons. The van der Waals surface area contributed by atoms with Gasteiger partial charge in [-0.05, 0) is 29.1 Å². The predicted octanol–water partition coefficient (Wildman–Crippen LogP) is 4.06. The van der Waals surface area contributed by atoms with Crippen LogP contribution >= 0.6 is 0 Å². The highest BCUT2D eigenvalue weighted by molar-refractivity contribution is 5.95. The van der Waals surface area contributed by atoms with Crippen molar-refractivity contribution in [3.63, 3.8) is 0 Å². The third kappa shape index (κ3) is 5.05. The zero-order valence-electron chi connectivity index (χ0n) is 18.8. The molecule has 4 aromatic rings. The maximum absolute atomic E-state index is 5.48. The van der Waals surface area contributed by atoms with Gasteiger partial charge in [-0.1, -0.05) is 48.5 Å². The highest BCUT2D eigenvalue weighted by Crippen LogP contribution is 2.26. The second-order valence-corrected chi connectivity index (χ2v) is 7.68. The molecule has 9 heteroatoms. The van der Waals surface area contributed by atoms with Crippen LogP contribution in [-0.4, -0.2) is 54.6 Å². The summed E-state index contributed by atoms with van der Waals surface area (Å²) in [5, 5.41) is 9.90. The predicted molar refractivity (Wildman–Crippen MR) is 134 cm³/mol. The molecule has 0 radical (unpaired) electrons. The first-order chi connectivity index (χ1) is 16.8. The fraction of sp³-hybridized carbons (Fsp3) is 0.200. The molecule has 0 spiro atoms. The minimum absolute atomic E-state index is 0.346. The van der Waals surface area contributed by atoms with E-state index >= 15 is 0 Å². The molecule has 0 amide bonds. The van der Waals surface area contributed by atoms with Gasteiger partial charge in [-0.2, -0.15) is 20.1 Å². The number of rotatable bonds is 7. The average molecular weight is 456 g/mol. The van der Waals surface area contributed by atoms with Crippen molar-refractivity contribution in [2.75, 3.05) is 49.1 Å². The van der Waals surface area contributed by atoms with E-state index in [0.29, 0.717) is 44.1 Å². The van der Waals surface area contributed by atoms with Crippen LogP contribution < -0.4 is 20.4 Å². The van der Waals surface area contributed by atoms with E-state index in [9.17, 15) is 0 Å². The molecule has 1 aliphatic rings. The molecule has 0 aliphatic carbocycles. The summed E-state index contributed by atoms with van der Waals surface area (Å²) in [6.07, 6.45) is 1.69. The molecule has 1 aliphatic heterocycles. The Balaban J connectivity index is 1.43. The molecule has 1 fully saturated rings. The van der Waals surface area contributed by atoms with Crippen molar-refractivity contribution in [1.29, 1.82) is 0 Å². The molecule has 1 saturated heterocycles. The van der Waals surface area contributed by atoms with Crippen molar-refractivity contribution in [2.24, 2.45) is 5.10 Å². The number of ether oxygens (including phenoxy) is 2. The molecule has 0 bridgehead atoms. The lowest BCUT2D eigenvalue weighted by molar-refractivity contribution is 0.122. The van der Waals surface area contributed by atoms with Gasteiger partial charge in [0.15, 0.2) is 0 Å². The molecule has 2 heterocycles. The summed E-state index contributed by atoms with van der Waals surface area (Å²) in [6, 6.07) is 21.9. The van der Waals surface area contributed by atoms with Crippen LogP contribution in [0.15, 0.2) is 71.8 Å². The Kier molecular flexibility index (Phi) is 6.44. The van der Waals surface area contributed by atoms with Gasteiger partial charge in [0.1, 0.15) is 5.75 Å². The number of anilines is 4. The summed E-state index contributed by atoms with van der Waals surface area (Å²) in [7, 11) is 1.64. The number of aromatic nitrogens is 3. The van der Waals surface area contributed by atoms with Gasteiger partial charge in [-0.3, -0.25) is 0 Å². The topological polar surface area (TPSA) is 96.8 Å². The van der Waals surface area contributed by atoms with Crippen LogP contribution in [0.1, 0.15) is 5.56 Å². The van der Waals surface area contributed by atoms with E-state index in [0.717, 1.165) is 27.8 Å². The summed E-state index contributed by atoms with van der Waals surface area (Å²) in [5.74, 6) is 2.12. The summed E-state index contributed by atoms with van der Waals surface area (Å²) >= 11 is 0. The maximum atomic E-state index is 5.48. The maximum Gasteiger partial charge on any atom is 0.250 e. The minimum Gasteiger partial charge on any atom is -0.497 e. The lowest BCUT2D eigenvalue weighted by atomic mass is 10.1. The summed E-state index contributed by atoms with van der Waals surface area (Å²) in [6.45, 7) is 2.69. The highest BCUT2D eigenvalue weighted by Gasteiger charge is 2.17. The van der Waals surface area contributed by atoms with Gasteiger partial charge in [0.2, 0.25) is 17.8 Å². The zero-order chi connectivity index (χ0) is 23.2. The van der Waals surface area contributed by atoms with E-state index < -0.39 is 0 Å². The van der Waals surface area contributed by atoms with E-state index in [-0.39, 0.29) is 0 Å². The van der Waals surface area contributed by atoms with Crippen molar-refractivity contribution >= 4 is 40.5 Å². The van der Waals surface area contributed by atoms with Crippen molar-refractivity contribution in [1.82, 2.24) is 15.0 Å². The lowest BCUT2D eigenvalue weighted by Crippen LogP contribution is -2.37. The second-order valence-electron chi connectivity index (χ2n) is 7.68. The van der Waals surface area contributed by atoms with Gasteiger partial charge in [0, 0.05) is 24.2 Å². The Morgan fingerprint density at radius 2 is 1.74 bits per heavy atom. The van der Waals surface area contributed by atoms with Gasteiger partial charge in [0.25, 0.3) is 0 Å². The molecular formula is C25H25N7O2. The number of nitrogens with one attached hydrogen (secondary N) is 2. The Bertz CT molecular complexity index is 1300. The second kappa shape index (κ2) is 10.1. The number of benzene rings is 3. The number of hydrogen-bond donors (Lipinski definition) is 2. The smallest absolute Gasteiger partial charge is 0.250 e. The zero-order valence-corrected chi connectivity index (χ0v) is 18.8. The van der Waals surface area contributed by atoms with Gasteiger partial charge < -0.3 is 19.7 Å². The van der Waals surface area contributed by atoms with E-state index in [4.69, 9.17) is 9.47 Å². The number of fused-ring (bicyclic) bond motifs is 1. The molecule has 34 heavy (non-hydrogen) atoms. The number of methoxy groups -OCH3 is 1. The number of morpholine rings is 1. The summed E-state index contributed by atoms with van der Waals surface area (Å²) in [4.78, 5) is 15.9. The van der Waals surface area contributed by atoms with Crippen molar-refractivity contribution < 1.29 is 9.47 Å². The van der Waals surface area contributed by atoms with Crippen LogP contribution in [-0.2, 0) is 4.74 Å². The Labute approximate surface area is 197 Å². The number of nitrogens with zero attached hydrogens (tertiary/aromatic N) is 5. The molecule has 9 nitrogen and oxygen atoms in total. The number of hydrazone groups is 1. The summed E-state index contributed by atoms with van der Waals surface area (Å²) in [5.41, 5.74) is 4.75. The van der Waals surface area contributed by atoms with E-state index in [1.165, 1.54) is 0 Å². The van der Waals surface area contributed by atoms with Crippen LogP contribution in [0.5, 0.6) is 5.75 Å². The van der Waals surface area contributed by atoms with E-state index in [2.05, 4.69) is 53.9 Å². The van der Waals surface area contributed by atoms with Gasteiger partial charge in [-0.15, -0.1) is 0 Å². The van der Waals surface area contributed by atoms with Crippen LogP contribution in [0.3, 0.4) is 0 Å². The van der Waals surface area contributed by atoms with Crippen LogP contribution in [0, 0.1) is 0 Å². The first-order valence-corrected chi connectivity index (χ1v) is 11.1. The first-order valence-electron chi connectivity index (χ1n) is 11.1. The van der Waals surface area contributed by atoms with Crippen molar-refractivity contribution in [3.8, 4) is 5.75 Å². The minimum atomic E-state index is 0.346. The molecule has 0 unspecified atom stereocenters. The lowest BCUT2D eigenvalue weighted by Gasteiger charge is -2.27. The van der Waals surface area contributed by atoms with E-state index in [1.807, 2.05) is 48.5 Å². The van der Waals surface area contributed by atoms with Crippen molar-refractivity contribution in [3.05, 3.63) is 72.3 Å². The van der Waals surface area contributed by atoms with E-state index in [1.54, 1.807) is 13.3 Å². The fourth-order valence-corrected chi connectivity index (χ4v) is 3.72. The Morgan fingerprint density at radius 3 is 2.62 bits per heavy atom. The average Bonchev–Trinajstić information content (AvgIpc) is 2.89. The summed E-state index contributed by atoms with van der Waals surface area (Å²) < 4.78 is 10.7. The molecule has 0 atom stereocenters. The Morgan fingerprint density at radius 1 is 0.941 bits per heavy atom. The monoisotopic (exact) mass is 455 g/mol. The normalized spacial score (nSPS) is 13.9. The van der Waals surface area contributed by atoms with Gasteiger partial charge >= 0.3 is 0 Å². The standard InChI is InChI=1S/C25H25N7O2/c1-33-20-9-4-6-18(16-20)17-26-31-24-28-23(29-25(30-24)32-12-14-34-15-13-32)27-22-11-5-8-19-7-2-3-10-21(19)22/h2-11,16-17H,12-15H2,1H3,(H2,27,28,29,30,31)/b26-17+. The van der Waals surface area contributed by atoms with Crippen molar-refractivity contribution in [2.45, 2.75) is 0 Å². The fourth-order valence-electron chi connectivity index (χ4n) is 3.72. The largest absolute Gasteiger partial charge is 0.497 e. The van der Waals surface area contributed by atoms with Crippen LogP contribution in [0.2, 0.25) is 0 Å².